The fourth-order valence-electron chi connectivity index (χ4n) is 3.33. The highest BCUT2D eigenvalue weighted by Gasteiger charge is 2.16. The molecule has 2 aromatic carbocycles. The molecule has 0 saturated carbocycles. The molecule has 1 saturated heterocycles. The minimum Gasteiger partial charge on any atom is -0.491 e. The van der Waals surface area contributed by atoms with E-state index in [2.05, 4.69) is 10.6 Å². The van der Waals surface area contributed by atoms with Gasteiger partial charge in [-0.2, -0.15) is 0 Å². The van der Waals surface area contributed by atoms with E-state index in [9.17, 15) is 9.59 Å². The number of carbonyl (C=O) groups is 2. The molecule has 1 unspecified atom stereocenters. The van der Waals surface area contributed by atoms with Gasteiger partial charge in [0.05, 0.1) is 12.6 Å². The van der Waals surface area contributed by atoms with Crippen LogP contribution < -0.4 is 15.4 Å². The highest BCUT2D eigenvalue weighted by Crippen LogP contribution is 2.20. The molecule has 0 aromatic heterocycles. The molecular weight excluding hydrogens is 394 g/mol. The summed E-state index contributed by atoms with van der Waals surface area (Å²) >= 11 is 0. The SMILES string of the molecule is CN(C)C(=O)CCc1cccc(NCC(=O)Nc2cccc(OCC3CCCO3)c2)c1. The number of amides is 2. The predicted octanol–water partition coefficient (Wildman–Crippen LogP) is 3.32. The normalized spacial score (nSPS) is 15.4. The summed E-state index contributed by atoms with van der Waals surface area (Å²) in [6.45, 7) is 1.46. The lowest BCUT2D eigenvalue weighted by molar-refractivity contribution is -0.128. The van der Waals surface area contributed by atoms with Gasteiger partial charge in [0.15, 0.2) is 0 Å². The molecule has 0 radical (unpaired) electrons. The highest BCUT2D eigenvalue weighted by molar-refractivity contribution is 5.93. The third-order valence-corrected chi connectivity index (χ3v) is 5.08. The molecule has 1 fully saturated rings. The Bertz CT molecular complexity index is 879. The largest absolute Gasteiger partial charge is 0.491 e. The average Bonchev–Trinajstić information content (AvgIpc) is 3.29. The van der Waals surface area contributed by atoms with Gasteiger partial charge in [-0.05, 0) is 49.1 Å². The third kappa shape index (κ3) is 7.61. The molecule has 1 aliphatic heterocycles. The standard InChI is InChI=1S/C24H31N3O4/c1-27(2)24(29)12-11-18-6-3-7-19(14-18)25-16-23(28)26-20-8-4-9-21(15-20)31-17-22-10-5-13-30-22/h3-4,6-9,14-15,22,25H,5,10-13,16-17H2,1-2H3,(H,26,28). The summed E-state index contributed by atoms with van der Waals surface area (Å²) in [5.74, 6) is 0.658. The van der Waals surface area contributed by atoms with Gasteiger partial charge in [-0.1, -0.05) is 18.2 Å². The van der Waals surface area contributed by atoms with Crippen molar-refractivity contribution in [1.29, 1.82) is 0 Å². The first kappa shape index (κ1) is 22.6. The molecule has 3 rings (SSSR count). The minimum atomic E-state index is -0.149. The van der Waals surface area contributed by atoms with Crippen molar-refractivity contribution in [2.45, 2.75) is 31.8 Å². The number of rotatable bonds is 10. The Labute approximate surface area is 183 Å². The maximum atomic E-state index is 12.4. The second-order valence-electron chi connectivity index (χ2n) is 7.86. The second kappa shape index (κ2) is 11.4. The summed E-state index contributed by atoms with van der Waals surface area (Å²) < 4.78 is 11.4. The number of hydrogen-bond donors (Lipinski definition) is 2. The summed E-state index contributed by atoms with van der Waals surface area (Å²) in [5.41, 5.74) is 2.59. The molecular formula is C24H31N3O4. The molecule has 1 heterocycles. The molecule has 7 heteroatoms. The topological polar surface area (TPSA) is 79.9 Å². The zero-order chi connectivity index (χ0) is 22.1. The van der Waals surface area contributed by atoms with Gasteiger partial charge in [0.1, 0.15) is 12.4 Å². The van der Waals surface area contributed by atoms with Gasteiger partial charge < -0.3 is 25.0 Å². The lowest BCUT2D eigenvalue weighted by Gasteiger charge is -2.13. The van der Waals surface area contributed by atoms with E-state index < -0.39 is 0 Å². The Hall–Kier alpha value is -3.06. The van der Waals surface area contributed by atoms with Crippen LogP contribution in [-0.4, -0.2) is 56.7 Å². The monoisotopic (exact) mass is 425 g/mol. The molecule has 31 heavy (non-hydrogen) atoms. The Morgan fingerprint density at radius 3 is 2.71 bits per heavy atom. The van der Waals surface area contributed by atoms with Crippen LogP contribution >= 0.6 is 0 Å². The van der Waals surface area contributed by atoms with Crippen molar-refractivity contribution in [2.24, 2.45) is 0 Å². The van der Waals surface area contributed by atoms with Crippen molar-refractivity contribution in [2.75, 3.05) is 44.5 Å². The van der Waals surface area contributed by atoms with Crippen LogP contribution in [0.4, 0.5) is 11.4 Å². The van der Waals surface area contributed by atoms with E-state index in [-0.39, 0.29) is 24.5 Å². The fourth-order valence-corrected chi connectivity index (χ4v) is 3.33. The molecule has 1 aliphatic rings. The van der Waals surface area contributed by atoms with Crippen molar-refractivity contribution in [3.8, 4) is 5.75 Å². The number of hydrogen-bond acceptors (Lipinski definition) is 5. The first-order valence-corrected chi connectivity index (χ1v) is 10.7. The van der Waals surface area contributed by atoms with Gasteiger partial charge in [0.2, 0.25) is 11.8 Å². The van der Waals surface area contributed by atoms with Crippen LogP contribution in [-0.2, 0) is 20.7 Å². The van der Waals surface area contributed by atoms with E-state index in [1.807, 2.05) is 48.5 Å². The zero-order valence-electron chi connectivity index (χ0n) is 18.2. The summed E-state index contributed by atoms with van der Waals surface area (Å²) in [7, 11) is 3.51. The van der Waals surface area contributed by atoms with Crippen LogP contribution in [0.25, 0.3) is 0 Å². The molecule has 7 nitrogen and oxygen atoms in total. The van der Waals surface area contributed by atoms with Crippen LogP contribution in [0.2, 0.25) is 0 Å². The quantitative estimate of drug-likeness (QED) is 0.611. The van der Waals surface area contributed by atoms with Gasteiger partial charge in [-0.25, -0.2) is 0 Å². The molecule has 1 atom stereocenters. The minimum absolute atomic E-state index is 0.0970. The Morgan fingerprint density at radius 1 is 1.13 bits per heavy atom. The second-order valence-corrected chi connectivity index (χ2v) is 7.86. The lowest BCUT2D eigenvalue weighted by Crippen LogP contribution is -2.22. The number of aryl methyl sites for hydroxylation is 1. The molecule has 0 bridgehead atoms. The van der Waals surface area contributed by atoms with Gasteiger partial charge in [0.25, 0.3) is 0 Å². The lowest BCUT2D eigenvalue weighted by atomic mass is 10.1. The van der Waals surface area contributed by atoms with E-state index in [1.165, 1.54) is 0 Å². The van der Waals surface area contributed by atoms with E-state index >= 15 is 0 Å². The molecule has 166 valence electrons. The Morgan fingerprint density at radius 2 is 1.94 bits per heavy atom. The fraction of sp³-hybridized carbons (Fsp3) is 0.417. The van der Waals surface area contributed by atoms with E-state index in [0.717, 1.165) is 30.7 Å². The first-order valence-electron chi connectivity index (χ1n) is 10.7. The Balaban J connectivity index is 1.45. The van der Waals surface area contributed by atoms with Crippen LogP contribution in [0.3, 0.4) is 0 Å². The van der Waals surface area contributed by atoms with Crippen molar-refractivity contribution in [3.63, 3.8) is 0 Å². The van der Waals surface area contributed by atoms with Crippen molar-refractivity contribution in [1.82, 2.24) is 4.90 Å². The van der Waals surface area contributed by atoms with E-state index in [1.54, 1.807) is 19.0 Å². The van der Waals surface area contributed by atoms with Crippen LogP contribution in [0.15, 0.2) is 48.5 Å². The average molecular weight is 426 g/mol. The van der Waals surface area contributed by atoms with Crippen molar-refractivity contribution < 1.29 is 19.1 Å². The first-order chi connectivity index (χ1) is 15.0. The van der Waals surface area contributed by atoms with E-state index in [4.69, 9.17) is 9.47 Å². The maximum absolute atomic E-state index is 12.4. The third-order valence-electron chi connectivity index (χ3n) is 5.08. The number of anilines is 2. The number of nitrogens with zero attached hydrogens (tertiary/aromatic N) is 1. The number of nitrogens with one attached hydrogen (secondary N) is 2. The molecule has 2 N–H and O–H groups in total. The van der Waals surface area contributed by atoms with Crippen molar-refractivity contribution in [3.05, 3.63) is 54.1 Å². The molecule has 0 aliphatic carbocycles. The van der Waals surface area contributed by atoms with Gasteiger partial charge in [-0.15, -0.1) is 0 Å². The summed E-state index contributed by atoms with van der Waals surface area (Å²) in [4.78, 5) is 25.7. The van der Waals surface area contributed by atoms with Crippen LogP contribution in [0.5, 0.6) is 5.75 Å². The predicted molar refractivity (Wildman–Crippen MR) is 121 cm³/mol. The molecule has 2 aromatic rings. The molecule has 2 amide bonds. The number of carbonyl (C=O) groups excluding carboxylic acids is 2. The summed E-state index contributed by atoms with van der Waals surface area (Å²) in [5, 5.41) is 6.02. The number of benzene rings is 2. The maximum Gasteiger partial charge on any atom is 0.243 e. The Kier molecular flexibility index (Phi) is 8.29. The smallest absolute Gasteiger partial charge is 0.243 e. The van der Waals surface area contributed by atoms with Crippen LogP contribution in [0, 0.1) is 0 Å². The van der Waals surface area contributed by atoms with Gasteiger partial charge in [-0.3, -0.25) is 9.59 Å². The summed E-state index contributed by atoms with van der Waals surface area (Å²) in [6.07, 6.45) is 3.38. The highest BCUT2D eigenvalue weighted by atomic mass is 16.5. The summed E-state index contributed by atoms with van der Waals surface area (Å²) in [6, 6.07) is 15.1. The molecule has 0 spiro atoms. The van der Waals surface area contributed by atoms with E-state index in [0.29, 0.717) is 30.9 Å². The number of ether oxygens (including phenoxy) is 2. The van der Waals surface area contributed by atoms with Gasteiger partial charge >= 0.3 is 0 Å². The zero-order valence-corrected chi connectivity index (χ0v) is 18.2. The van der Waals surface area contributed by atoms with Crippen molar-refractivity contribution >= 4 is 23.2 Å². The van der Waals surface area contributed by atoms with Gasteiger partial charge in [0, 0.05) is 44.6 Å². The van der Waals surface area contributed by atoms with Crippen LogP contribution in [0.1, 0.15) is 24.8 Å².